The number of aryl methyl sites for hydroxylation is 1. The second-order valence-corrected chi connectivity index (χ2v) is 11.0. The van der Waals surface area contributed by atoms with Crippen LogP contribution in [0, 0.1) is 0 Å². The Labute approximate surface area is 275 Å². The molecule has 3 N–H and O–H groups in total. The minimum absolute atomic E-state index is 0.0475. The highest BCUT2D eigenvalue weighted by Gasteiger charge is 2.21. The Morgan fingerprint density at radius 3 is 2.47 bits per heavy atom. The molecule has 0 radical (unpaired) electrons. The minimum Gasteiger partial charge on any atom is -0.466 e. The lowest BCUT2D eigenvalue weighted by Crippen LogP contribution is -2.34. The number of hydrogen-bond donors (Lipinski definition) is 2. The van der Waals surface area contributed by atoms with E-state index in [2.05, 4.69) is 22.2 Å². The van der Waals surface area contributed by atoms with Gasteiger partial charge in [0.2, 0.25) is 0 Å². The van der Waals surface area contributed by atoms with Gasteiger partial charge in [0.25, 0.3) is 5.91 Å². The van der Waals surface area contributed by atoms with Crippen LogP contribution in [0.15, 0.2) is 71.9 Å². The van der Waals surface area contributed by atoms with E-state index in [-0.39, 0.29) is 43.3 Å². The van der Waals surface area contributed by atoms with Crippen molar-refractivity contribution in [2.45, 2.75) is 65.6 Å². The summed E-state index contributed by atoms with van der Waals surface area (Å²) in [6.07, 6.45) is 4.19. The molecule has 0 aliphatic carbocycles. The van der Waals surface area contributed by atoms with E-state index in [4.69, 9.17) is 20.2 Å². The molecule has 0 saturated heterocycles. The number of anilines is 2. The predicted molar refractivity (Wildman–Crippen MR) is 182 cm³/mol. The normalized spacial score (nSPS) is 12.0. The molecule has 47 heavy (non-hydrogen) atoms. The molecule has 0 aliphatic rings. The SMILES string of the molecule is CCCCCC(=O)OC(C)/N=C(\N)c1ccc(NCc2nc3cc(C(=O)N(CCC(=O)OCC)c4ccccn4)ccc3n2C)cc1. The number of nitrogens with one attached hydrogen (secondary N) is 1. The number of ether oxygens (including phenoxy) is 2. The van der Waals surface area contributed by atoms with Crippen LogP contribution >= 0.6 is 0 Å². The van der Waals surface area contributed by atoms with E-state index in [0.717, 1.165) is 36.3 Å². The van der Waals surface area contributed by atoms with E-state index in [1.54, 1.807) is 50.4 Å². The number of amides is 1. The van der Waals surface area contributed by atoms with Crippen molar-refractivity contribution in [1.29, 1.82) is 0 Å². The molecule has 1 amide bonds. The van der Waals surface area contributed by atoms with Gasteiger partial charge >= 0.3 is 11.9 Å². The number of nitrogens with two attached hydrogens (primary N) is 1. The number of imidazole rings is 1. The molecule has 248 valence electrons. The van der Waals surface area contributed by atoms with E-state index < -0.39 is 6.23 Å². The van der Waals surface area contributed by atoms with Crippen LogP contribution < -0.4 is 16.0 Å². The van der Waals surface area contributed by atoms with Crippen LogP contribution in [0.5, 0.6) is 0 Å². The number of benzene rings is 2. The summed E-state index contributed by atoms with van der Waals surface area (Å²) in [6, 6.07) is 18.1. The van der Waals surface area contributed by atoms with E-state index >= 15 is 0 Å². The zero-order valence-electron chi connectivity index (χ0n) is 27.4. The number of pyridine rings is 1. The van der Waals surface area contributed by atoms with Gasteiger partial charge in [0.1, 0.15) is 17.5 Å². The van der Waals surface area contributed by atoms with E-state index in [1.165, 1.54) is 4.90 Å². The molecule has 2 heterocycles. The largest absolute Gasteiger partial charge is 0.466 e. The molecule has 4 aromatic rings. The molecule has 0 aliphatic heterocycles. The second kappa shape index (κ2) is 16.9. The van der Waals surface area contributed by atoms with Gasteiger partial charge in [-0.1, -0.05) is 25.8 Å². The number of rotatable bonds is 16. The molecule has 4 rings (SSSR count). The summed E-state index contributed by atoms with van der Waals surface area (Å²) in [4.78, 5) is 52.6. The Morgan fingerprint density at radius 2 is 1.77 bits per heavy atom. The number of aromatic nitrogens is 3. The third-order valence-electron chi connectivity index (χ3n) is 7.47. The lowest BCUT2D eigenvalue weighted by molar-refractivity contribution is -0.148. The van der Waals surface area contributed by atoms with Gasteiger partial charge in [-0.25, -0.2) is 15.0 Å². The van der Waals surface area contributed by atoms with Gasteiger partial charge in [-0.3, -0.25) is 19.3 Å². The lowest BCUT2D eigenvalue weighted by atomic mass is 10.1. The molecule has 0 spiro atoms. The molecular weight excluding hydrogens is 598 g/mol. The predicted octanol–water partition coefficient (Wildman–Crippen LogP) is 5.36. The molecule has 0 saturated carbocycles. The third-order valence-corrected chi connectivity index (χ3v) is 7.47. The van der Waals surface area contributed by atoms with Crippen LogP contribution in [0.1, 0.15) is 74.6 Å². The summed E-state index contributed by atoms with van der Waals surface area (Å²) in [6.45, 7) is 6.36. The standard InChI is InChI=1S/C35H43N7O5/c1-5-7-8-12-33(44)47-24(3)39-34(36)25-13-16-27(17-14-25)38-23-31-40-28-22-26(15-18-29(28)41(31)4)35(45)42(21-19-32(43)46-6-2)30-11-9-10-20-37-30/h9-11,13-18,20,22,24,38H,5-8,12,19,21,23H2,1-4H3,(H2,36,39). The first-order valence-electron chi connectivity index (χ1n) is 15.9. The fourth-order valence-corrected chi connectivity index (χ4v) is 4.97. The molecule has 0 fully saturated rings. The number of unbranched alkanes of at least 4 members (excludes halogenated alkanes) is 2. The average Bonchev–Trinajstić information content (AvgIpc) is 3.38. The van der Waals surface area contributed by atoms with Crippen LogP contribution in [0.3, 0.4) is 0 Å². The van der Waals surface area contributed by atoms with Gasteiger partial charge in [0, 0.05) is 43.0 Å². The number of hydrogen-bond acceptors (Lipinski definition) is 9. The summed E-state index contributed by atoms with van der Waals surface area (Å²) in [5, 5.41) is 3.37. The van der Waals surface area contributed by atoms with E-state index in [0.29, 0.717) is 35.4 Å². The Bertz CT molecular complexity index is 1690. The summed E-state index contributed by atoms with van der Waals surface area (Å²) < 4.78 is 12.4. The molecule has 12 nitrogen and oxygen atoms in total. The van der Waals surface area contributed by atoms with Gasteiger partial charge in [-0.2, -0.15) is 0 Å². The van der Waals surface area contributed by atoms with Crippen molar-refractivity contribution < 1.29 is 23.9 Å². The average molecular weight is 642 g/mol. The van der Waals surface area contributed by atoms with E-state index in [9.17, 15) is 14.4 Å². The van der Waals surface area contributed by atoms with Crippen molar-refractivity contribution in [2.24, 2.45) is 17.8 Å². The maximum absolute atomic E-state index is 13.6. The molecule has 2 aromatic heterocycles. The summed E-state index contributed by atoms with van der Waals surface area (Å²) in [7, 11) is 1.92. The van der Waals surface area contributed by atoms with Crippen LogP contribution in [-0.2, 0) is 32.7 Å². The lowest BCUT2D eigenvalue weighted by Gasteiger charge is -2.21. The Balaban J connectivity index is 1.41. The van der Waals surface area contributed by atoms with Gasteiger partial charge in [0.05, 0.1) is 30.6 Å². The number of amidine groups is 1. The monoisotopic (exact) mass is 641 g/mol. The number of carbonyl (C=O) groups excluding carboxylic acids is 3. The summed E-state index contributed by atoms with van der Waals surface area (Å²) in [5.41, 5.74) is 9.71. The van der Waals surface area contributed by atoms with Gasteiger partial charge in [-0.15, -0.1) is 0 Å². The zero-order chi connectivity index (χ0) is 33.8. The van der Waals surface area contributed by atoms with Crippen molar-refractivity contribution in [1.82, 2.24) is 14.5 Å². The molecule has 12 heteroatoms. The Hall–Kier alpha value is -5.26. The Morgan fingerprint density at radius 1 is 1.00 bits per heavy atom. The van der Waals surface area contributed by atoms with Crippen LogP contribution in [0.2, 0.25) is 0 Å². The highest BCUT2D eigenvalue weighted by molar-refractivity contribution is 6.07. The Kier molecular flexibility index (Phi) is 12.4. The molecular formula is C35H43N7O5. The van der Waals surface area contributed by atoms with Gasteiger partial charge < -0.3 is 25.1 Å². The molecule has 1 atom stereocenters. The number of esters is 2. The number of nitrogens with zero attached hydrogens (tertiary/aromatic N) is 5. The fraction of sp³-hybridized carbons (Fsp3) is 0.371. The first-order chi connectivity index (χ1) is 22.7. The van der Waals surface area contributed by atoms with E-state index in [1.807, 2.05) is 41.9 Å². The highest BCUT2D eigenvalue weighted by Crippen LogP contribution is 2.21. The summed E-state index contributed by atoms with van der Waals surface area (Å²) >= 11 is 0. The van der Waals surface area contributed by atoms with Gasteiger partial charge in [-0.05, 0) is 74.9 Å². The number of carbonyl (C=O) groups is 3. The van der Waals surface area contributed by atoms with Crippen LogP contribution in [0.4, 0.5) is 11.5 Å². The maximum Gasteiger partial charge on any atom is 0.307 e. The first-order valence-corrected chi connectivity index (χ1v) is 15.9. The highest BCUT2D eigenvalue weighted by atomic mass is 16.6. The fourth-order valence-electron chi connectivity index (χ4n) is 4.97. The van der Waals surface area contributed by atoms with Crippen molar-refractivity contribution in [2.75, 3.05) is 23.4 Å². The summed E-state index contributed by atoms with van der Waals surface area (Å²) in [5.74, 6) is 0.562. The maximum atomic E-state index is 13.6. The van der Waals surface area contributed by atoms with Crippen molar-refractivity contribution >= 4 is 46.2 Å². The van der Waals surface area contributed by atoms with Crippen molar-refractivity contribution in [3.63, 3.8) is 0 Å². The number of fused-ring (bicyclic) bond motifs is 1. The smallest absolute Gasteiger partial charge is 0.307 e. The number of aliphatic imine (C=N–C) groups is 1. The van der Waals surface area contributed by atoms with Crippen molar-refractivity contribution in [3.05, 3.63) is 83.8 Å². The molecule has 2 aromatic carbocycles. The van der Waals surface area contributed by atoms with Crippen LogP contribution in [-0.4, -0.2) is 57.6 Å². The van der Waals surface area contributed by atoms with Crippen LogP contribution in [0.25, 0.3) is 11.0 Å². The zero-order valence-corrected chi connectivity index (χ0v) is 27.4. The minimum atomic E-state index is -0.669. The second-order valence-electron chi connectivity index (χ2n) is 11.0. The molecule has 1 unspecified atom stereocenters. The molecule has 0 bridgehead atoms. The first kappa shape index (κ1) is 34.6. The quantitative estimate of drug-likeness (QED) is 0.0713. The third kappa shape index (κ3) is 9.62. The van der Waals surface area contributed by atoms with Crippen molar-refractivity contribution in [3.8, 4) is 0 Å². The topological polar surface area (TPSA) is 154 Å². The van der Waals surface area contributed by atoms with Gasteiger partial charge in [0.15, 0.2) is 6.23 Å².